The van der Waals surface area contributed by atoms with E-state index >= 15 is 0 Å². The van der Waals surface area contributed by atoms with Gasteiger partial charge in [0.05, 0.1) is 6.61 Å². The number of aliphatic hydroxyl groups is 1. The average molecular weight is 572 g/mol. The zero-order valence-electron chi connectivity index (χ0n) is 18.6. The monoisotopic (exact) mass is 570 g/mol. The Morgan fingerprint density at radius 3 is 2.19 bits per heavy atom. The molecule has 0 radical (unpaired) electrons. The SMILES string of the molecule is O=C(NC1C(=O)N2C(C(=O)OC(c3ccccc3)c3ccccc3)=C(CO)CS[C@@H]12)OCC(Cl)(Cl)Cl. The summed E-state index contributed by atoms with van der Waals surface area (Å²) < 4.78 is 8.96. The molecule has 190 valence electrons. The van der Waals surface area contributed by atoms with Gasteiger partial charge in [-0.1, -0.05) is 95.5 Å². The number of alkyl halides is 3. The molecule has 4 rings (SSSR count). The van der Waals surface area contributed by atoms with Gasteiger partial charge in [-0.05, 0) is 16.7 Å². The van der Waals surface area contributed by atoms with Crippen molar-refractivity contribution in [3.05, 3.63) is 83.1 Å². The van der Waals surface area contributed by atoms with Gasteiger partial charge in [-0.25, -0.2) is 9.59 Å². The lowest BCUT2D eigenvalue weighted by atomic mass is 10.0. The van der Waals surface area contributed by atoms with Crippen LogP contribution in [0.3, 0.4) is 0 Å². The summed E-state index contributed by atoms with van der Waals surface area (Å²) >= 11 is 18.0. The van der Waals surface area contributed by atoms with Crippen molar-refractivity contribution < 1.29 is 29.0 Å². The Morgan fingerprint density at radius 2 is 1.67 bits per heavy atom. The van der Waals surface area contributed by atoms with E-state index < -0.39 is 52.5 Å². The highest BCUT2D eigenvalue weighted by Gasteiger charge is 2.54. The molecular formula is C24H21Cl3N2O6S. The number of hydrogen-bond acceptors (Lipinski definition) is 7. The van der Waals surface area contributed by atoms with Crippen molar-refractivity contribution >= 4 is 64.5 Å². The number of esters is 1. The number of β-lactam (4-membered cyclic amide) rings is 1. The van der Waals surface area contributed by atoms with Gasteiger partial charge in [-0.15, -0.1) is 11.8 Å². The maximum absolute atomic E-state index is 13.5. The number of alkyl carbamates (subject to hydrolysis) is 1. The topological polar surface area (TPSA) is 105 Å². The molecule has 2 heterocycles. The molecule has 0 bridgehead atoms. The molecule has 1 saturated heterocycles. The second-order valence-corrected chi connectivity index (χ2v) is 11.6. The summed E-state index contributed by atoms with van der Waals surface area (Å²) in [4.78, 5) is 39.7. The van der Waals surface area contributed by atoms with Crippen LogP contribution in [0.25, 0.3) is 0 Å². The number of rotatable bonds is 7. The normalized spacial score (nSPS) is 19.5. The molecule has 2 N–H and O–H groups in total. The first-order chi connectivity index (χ1) is 17.2. The number of thioether (sulfide) groups is 1. The van der Waals surface area contributed by atoms with Gasteiger partial charge in [0.2, 0.25) is 3.79 Å². The number of nitrogens with one attached hydrogen (secondary N) is 1. The van der Waals surface area contributed by atoms with Crippen LogP contribution in [0.2, 0.25) is 0 Å². The Kier molecular flexibility index (Phi) is 8.37. The lowest BCUT2D eigenvalue weighted by molar-refractivity contribution is -0.153. The minimum Gasteiger partial charge on any atom is -0.448 e. The van der Waals surface area contributed by atoms with Crippen LogP contribution in [0.15, 0.2) is 71.9 Å². The number of amides is 2. The first-order valence-corrected chi connectivity index (χ1v) is 13.0. The van der Waals surface area contributed by atoms with Crippen molar-refractivity contribution in [1.29, 1.82) is 0 Å². The summed E-state index contributed by atoms with van der Waals surface area (Å²) in [5, 5.41) is 11.7. The number of hydrogen-bond donors (Lipinski definition) is 2. The highest BCUT2D eigenvalue weighted by Crippen LogP contribution is 2.41. The molecule has 0 aromatic heterocycles. The molecule has 36 heavy (non-hydrogen) atoms. The highest BCUT2D eigenvalue weighted by atomic mass is 35.6. The van der Waals surface area contributed by atoms with E-state index in [2.05, 4.69) is 5.32 Å². The lowest BCUT2D eigenvalue weighted by Crippen LogP contribution is -2.70. The van der Waals surface area contributed by atoms with Crippen molar-refractivity contribution in [2.45, 2.75) is 21.3 Å². The van der Waals surface area contributed by atoms with Crippen LogP contribution >= 0.6 is 46.6 Å². The van der Waals surface area contributed by atoms with Gasteiger partial charge in [-0.3, -0.25) is 9.69 Å². The summed E-state index contributed by atoms with van der Waals surface area (Å²) in [7, 11) is 0. The average Bonchev–Trinajstić information content (AvgIpc) is 2.88. The van der Waals surface area contributed by atoms with E-state index in [1.165, 1.54) is 16.7 Å². The molecule has 2 amide bonds. The number of carbonyl (C=O) groups excluding carboxylic acids is 3. The van der Waals surface area contributed by atoms with Crippen molar-refractivity contribution in [2.75, 3.05) is 19.0 Å². The van der Waals surface area contributed by atoms with Crippen LogP contribution in [-0.2, 0) is 19.1 Å². The van der Waals surface area contributed by atoms with Gasteiger partial charge in [0, 0.05) is 5.75 Å². The summed E-state index contributed by atoms with van der Waals surface area (Å²) in [6, 6.07) is 17.4. The van der Waals surface area contributed by atoms with Crippen LogP contribution in [0.5, 0.6) is 0 Å². The highest BCUT2D eigenvalue weighted by molar-refractivity contribution is 8.00. The Balaban J connectivity index is 1.53. The molecule has 2 aliphatic rings. The fourth-order valence-corrected chi connectivity index (χ4v) is 5.36. The van der Waals surface area contributed by atoms with Gasteiger partial charge in [-0.2, -0.15) is 0 Å². The van der Waals surface area contributed by atoms with Crippen molar-refractivity contribution in [2.24, 2.45) is 0 Å². The molecule has 8 nitrogen and oxygen atoms in total. The second kappa shape index (κ2) is 11.3. The van der Waals surface area contributed by atoms with E-state index in [0.717, 1.165) is 11.1 Å². The number of fused-ring (bicyclic) bond motifs is 1. The lowest BCUT2D eigenvalue weighted by Gasteiger charge is -2.49. The zero-order valence-corrected chi connectivity index (χ0v) is 21.7. The molecular weight excluding hydrogens is 551 g/mol. The minimum absolute atomic E-state index is 0.0316. The predicted molar refractivity (Wildman–Crippen MR) is 137 cm³/mol. The quantitative estimate of drug-likeness (QED) is 0.295. The van der Waals surface area contributed by atoms with Gasteiger partial charge in [0.1, 0.15) is 23.7 Å². The van der Waals surface area contributed by atoms with E-state index in [4.69, 9.17) is 44.3 Å². The largest absolute Gasteiger partial charge is 0.448 e. The molecule has 1 unspecified atom stereocenters. The van der Waals surface area contributed by atoms with Gasteiger partial charge >= 0.3 is 12.1 Å². The Bertz CT molecular complexity index is 1120. The summed E-state index contributed by atoms with van der Waals surface area (Å²) in [5.74, 6) is -1.04. The molecule has 0 saturated carbocycles. The van der Waals surface area contributed by atoms with Crippen molar-refractivity contribution in [1.82, 2.24) is 10.2 Å². The summed E-state index contributed by atoms with van der Waals surface area (Å²) in [6.45, 7) is -0.933. The third-order valence-electron chi connectivity index (χ3n) is 5.50. The maximum atomic E-state index is 13.5. The molecule has 2 atom stereocenters. The second-order valence-electron chi connectivity index (χ2n) is 7.94. The smallest absolute Gasteiger partial charge is 0.408 e. The van der Waals surface area contributed by atoms with Crippen molar-refractivity contribution in [3.63, 3.8) is 0 Å². The standard InChI is InChI=1S/C24H21Cl3N2O6S/c25-24(26,27)13-34-23(33)28-17-20(31)29-18(16(11-30)12-36-21(17)29)22(32)35-19(14-7-3-1-4-8-14)15-9-5-2-6-10-15/h1-10,17,19,21,30H,11-13H2,(H,28,33)/t17?,21-/m0/s1. The molecule has 0 spiro atoms. The van der Waals surface area contributed by atoms with Gasteiger partial charge in [0.25, 0.3) is 5.91 Å². The number of aliphatic hydroxyl groups excluding tert-OH is 1. The molecule has 0 aliphatic carbocycles. The number of halogens is 3. The van der Waals surface area contributed by atoms with E-state index in [-0.39, 0.29) is 11.4 Å². The first kappa shape index (κ1) is 26.6. The van der Waals surface area contributed by atoms with Crippen LogP contribution in [0.4, 0.5) is 4.79 Å². The Labute approximate surface area is 226 Å². The summed E-state index contributed by atoms with van der Waals surface area (Å²) in [6.07, 6.45) is -1.67. The third kappa shape index (κ3) is 5.92. The molecule has 12 heteroatoms. The molecule has 2 aliphatic heterocycles. The van der Waals surface area contributed by atoms with E-state index in [0.29, 0.717) is 5.57 Å². The van der Waals surface area contributed by atoms with Crippen LogP contribution in [0.1, 0.15) is 17.2 Å². The van der Waals surface area contributed by atoms with Gasteiger partial charge in [0.15, 0.2) is 6.10 Å². The number of benzene rings is 2. The number of ether oxygens (including phenoxy) is 2. The Morgan fingerprint density at radius 1 is 1.08 bits per heavy atom. The maximum Gasteiger partial charge on any atom is 0.408 e. The fourth-order valence-electron chi connectivity index (χ4n) is 3.86. The number of carbonyl (C=O) groups is 3. The van der Waals surface area contributed by atoms with Crippen LogP contribution in [-0.4, -0.2) is 62.2 Å². The fraction of sp³-hybridized carbons (Fsp3) is 0.292. The zero-order chi connectivity index (χ0) is 25.9. The number of nitrogens with zero attached hydrogens (tertiary/aromatic N) is 1. The minimum atomic E-state index is -1.80. The van der Waals surface area contributed by atoms with E-state index in [1.807, 2.05) is 60.7 Å². The first-order valence-electron chi connectivity index (χ1n) is 10.8. The molecule has 2 aromatic rings. The van der Waals surface area contributed by atoms with Crippen LogP contribution in [0, 0.1) is 0 Å². The van der Waals surface area contributed by atoms with Gasteiger partial charge < -0.3 is 19.9 Å². The molecule has 1 fully saturated rings. The van der Waals surface area contributed by atoms with Crippen LogP contribution < -0.4 is 5.32 Å². The molecule has 2 aromatic carbocycles. The predicted octanol–water partition coefficient (Wildman–Crippen LogP) is 3.95. The van der Waals surface area contributed by atoms with Crippen molar-refractivity contribution in [3.8, 4) is 0 Å². The van der Waals surface area contributed by atoms with E-state index in [1.54, 1.807) is 0 Å². The third-order valence-corrected chi connectivity index (χ3v) is 7.17. The summed E-state index contributed by atoms with van der Waals surface area (Å²) in [5.41, 5.74) is 1.81. The Hall–Kier alpha value is -2.43. The van der Waals surface area contributed by atoms with E-state index in [9.17, 15) is 19.5 Å².